The Morgan fingerprint density at radius 1 is 1.26 bits per heavy atom. The van der Waals surface area contributed by atoms with E-state index in [1.807, 2.05) is 6.92 Å². The van der Waals surface area contributed by atoms with E-state index in [4.69, 9.17) is 4.74 Å². The number of nitrogens with one attached hydrogen (secondary N) is 2. The monoisotopic (exact) mass is 354 g/mol. The first kappa shape index (κ1) is 17.5. The summed E-state index contributed by atoms with van der Waals surface area (Å²) in [5.74, 6) is 0.156. The average molecular weight is 354 g/mol. The van der Waals surface area contributed by atoms with Gasteiger partial charge in [-0.15, -0.1) is 11.3 Å². The number of sulfonamides is 1. The van der Waals surface area contributed by atoms with Crippen LogP contribution in [0.4, 0.5) is 5.69 Å². The van der Waals surface area contributed by atoms with E-state index < -0.39 is 15.9 Å². The summed E-state index contributed by atoms with van der Waals surface area (Å²) >= 11 is 1.20. The van der Waals surface area contributed by atoms with Crippen LogP contribution in [0.3, 0.4) is 0 Å². The van der Waals surface area contributed by atoms with Crippen molar-refractivity contribution in [2.75, 3.05) is 19.0 Å². The molecule has 0 fully saturated rings. The van der Waals surface area contributed by atoms with Crippen LogP contribution >= 0.6 is 11.3 Å². The normalized spacial score (nSPS) is 11.2. The number of hydrogen-bond acceptors (Lipinski definition) is 5. The number of carbonyl (C=O) groups excluding carboxylic acids is 1. The molecule has 0 aliphatic carbocycles. The molecule has 1 amide bonds. The first-order valence-electron chi connectivity index (χ1n) is 6.97. The van der Waals surface area contributed by atoms with Crippen LogP contribution in [-0.2, 0) is 21.2 Å². The van der Waals surface area contributed by atoms with Gasteiger partial charge in [0.05, 0.1) is 13.7 Å². The van der Waals surface area contributed by atoms with Crippen LogP contribution in [0.5, 0.6) is 5.75 Å². The number of rotatable bonds is 7. The summed E-state index contributed by atoms with van der Waals surface area (Å²) in [4.78, 5) is 12.9. The lowest BCUT2D eigenvalue weighted by atomic mass is 10.3. The zero-order valence-electron chi connectivity index (χ0n) is 12.8. The second-order valence-corrected chi connectivity index (χ2v) is 7.84. The second-order valence-electron chi connectivity index (χ2n) is 4.68. The molecule has 0 unspecified atom stereocenters. The Morgan fingerprint density at radius 3 is 2.70 bits per heavy atom. The summed E-state index contributed by atoms with van der Waals surface area (Å²) in [6.07, 6.45) is 0.774. The van der Waals surface area contributed by atoms with Crippen LogP contribution < -0.4 is 14.8 Å². The summed E-state index contributed by atoms with van der Waals surface area (Å²) in [7, 11) is -2.14. The van der Waals surface area contributed by atoms with Crippen LogP contribution in [-0.4, -0.2) is 28.0 Å². The molecule has 2 N–H and O–H groups in total. The van der Waals surface area contributed by atoms with Crippen LogP contribution in [0.15, 0.2) is 40.6 Å². The van der Waals surface area contributed by atoms with Crippen molar-refractivity contribution in [1.82, 2.24) is 4.72 Å². The van der Waals surface area contributed by atoms with Crippen molar-refractivity contribution in [3.05, 3.63) is 41.3 Å². The lowest BCUT2D eigenvalue weighted by Gasteiger charge is -2.08. The lowest BCUT2D eigenvalue weighted by molar-refractivity contribution is -0.115. The number of hydrogen-bond donors (Lipinski definition) is 2. The second kappa shape index (κ2) is 7.58. The SMILES string of the molecule is CCc1ccc(S(=O)(=O)NCC(=O)Nc2cccc(OC)c2)s1. The summed E-state index contributed by atoms with van der Waals surface area (Å²) in [6, 6.07) is 10.2. The van der Waals surface area contributed by atoms with Gasteiger partial charge in [0.1, 0.15) is 9.96 Å². The van der Waals surface area contributed by atoms with E-state index in [2.05, 4.69) is 10.0 Å². The maximum absolute atomic E-state index is 12.1. The standard InChI is InChI=1S/C15H18N2O4S2/c1-3-13-7-8-15(22-13)23(19,20)16-10-14(18)17-11-5-4-6-12(9-11)21-2/h4-9,16H,3,10H2,1-2H3,(H,17,18). The van der Waals surface area contributed by atoms with Crippen LogP contribution in [0, 0.1) is 0 Å². The lowest BCUT2D eigenvalue weighted by Crippen LogP contribution is -2.32. The molecule has 124 valence electrons. The largest absolute Gasteiger partial charge is 0.497 e. The first-order chi connectivity index (χ1) is 10.9. The molecule has 0 aliphatic rings. The van der Waals surface area contributed by atoms with Gasteiger partial charge in [-0.1, -0.05) is 13.0 Å². The molecule has 0 atom stereocenters. The third kappa shape index (κ3) is 4.78. The highest BCUT2D eigenvalue weighted by molar-refractivity contribution is 7.91. The van der Waals surface area contributed by atoms with E-state index in [0.717, 1.165) is 11.3 Å². The molecule has 0 saturated carbocycles. The van der Waals surface area contributed by atoms with Crippen molar-refractivity contribution in [2.45, 2.75) is 17.6 Å². The summed E-state index contributed by atoms with van der Waals surface area (Å²) in [5.41, 5.74) is 0.540. The molecule has 2 aromatic rings. The Labute approximate surface area is 139 Å². The van der Waals surface area contributed by atoms with E-state index in [1.165, 1.54) is 18.4 Å². The Morgan fingerprint density at radius 2 is 2.04 bits per heavy atom. The predicted molar refractivity (Wildman–Crippen MR) is 90.5 cm³/mol. The molecule has 6 nitrogen and oxygen atoms in total. The Kier molecular flexibility index (Phi) is 5.75. The van der Waals surface area contributed by atoms with Gasteiger partial charge in [0.25, 0.3) is 10.0 Å². The molecule has 0 bridgehead atoms. The van der Waals surface area contributed by atoms with Crippen LogP contribution in [0.25, 0.3) is 0 Å². The summed E-state index contributed by atoms with van der Waals surface area (Å²) in [6.45, 7) is 1.62. The zero-order valence-corrected chi connectivity index (χ0v) is 14.5. The van der Waals surface area contributed by atoms with Crippen molar-refractivity contribution < 1.29 is 17.9 Å². The van der Waals surface area contributed by atoms with Gasteiger partial charge in [-0.2, -0.15) is 0 Å². The van der Waals surface area contributed by atoms with Gasteiger partial charge in [-0.3, -0.25) is 4.79 Å². The maximum atomic E-state index is 12.1. The van der Waals surface area contributed by atoms with Gasteiger partial charge >= 0.3 is 0 Å². The minimum Gasteiger partial charge on any atom is -0.497 e. The average Bonchev–Trinajstić information content (AvgIpc) is 3.03. The number of ether oxygens (including phenoxy) is 1. The Bertz CT molecular complexity index is 784. The molecule has 1 aromatic heterocycles. The number of anilines is 1. The van der Waals surface area contributed by atoms with E-state index >= 15 is 0 Å². The van der Waals surface area contributed by atoms with Gasteiger partial charge in [0.2, 0.25) is 5.91 Å². The number of benzene rings is 1. The highest BCUT2D eigenvalue weighted by Crippen LogP contribution is 2.21. The van der Waals surface area contributed by atoms with Crippen molar-refractivity contribution in [1.29, 1.82) is 0 Å². The van der Waals surface area contributed by atoms with E-state index in [9.17, 15) is 13.2 Å². The van der Waals surface area contributed by atoms with Crippen molar-refractivity contribution >= 4 is 33.0 Å². The van der Waals surface area contributed by atoms with Gasteiger partial charge in [-0.25, -0.2) is 13.1 Å². The quantitative estimate of drug-likeness (QED) is 0.799. The molecule has 1 heterocycles. The van der Waals surface area contributed by atoms with Crippen LogP contribution in [0.2, 0.25) is 0 Å². The third-order valence-electron chi connectivity index (χ3n) is 3.03. The fourth-order valence-electron chi connectivity index (χ4n) is 1.83. The molecule has 2 rings (SSSR count). The summed E-state index contributed by atoms with van der Waals surface area (Å²) < 4.78 is 31.8. The topological polar surface area (TPSA) is 84.5 Å². The first-order valence-corrected chi connectivity index (χ1v) is 9.27. The van der Waals surface area contributed by atoms with E-state index in [-0.39, 0.29) is 10.8 Å². The molecule has 8 heteroatoms. The van der Waals surface area contributed by atoms with Gasteiger partial charge in [-0.05, 0) is 30.7 Å². The van der Waals surface area contributed by atoms with Gasteiger partial charge in [0, 0.05) is 16.6 Å². The Balaban J connectivity index is 1.95. The maximum Gasteiger partial charge on any atom is 0.250 e. The highest BCUT2D eigenvalue weighted by atomic mass is 32.2. The van der Waals surface area contributed by atoms with E-state index in [1.54, 1.807) is 36.4 Å². The molecule has 1 aromatic carbocycles. The van der Waals surface area contributed by atoms with Crippen molar-refractivity contribution in [2.24, 2.45) is 0 Å². The predicted octanol–water partition coefficient (Wildman–Crippen LogP) is 2.24. The number of amides is 1. The smallest absolute Gasteiger partial charge is 0.250 e. The fraction of sp³-hybridized carbons (Fsp3) is 0.267. The molecule has 0 aliphatic heterocycles. The molecular formula is C15H18N2O4S2. The molecular weight excluding hydrogens is 336 g/mol. The van der Waals surface area contributed by atoms with Gasteiger partial charge < -0.3 is 10.1 Å². The van der Waals surface area contributed by atoms with E-state index in [0.29, 0.717) is 11.4 Å². The Hall–Kier alpha value is -1.90. The zero-order chi connectivity index (χ0) is 16.9. The summed E-state index contributed by atoms with van der Waals surface area (Å²) in [5, 5.41) is 2.61. The molecule has 0 spiro atoms. The number of thiophene rings is 1. The minimum absolute atomic E-state index is 0.212. The van der Waals surface area contributed by atoms with Crippen LogP contribution in [0.1, 0.15) is 11.8 Å². The number of methoxy groups -OCH3 is 1. The van der Waals surface area contributed by atoms with Crippen molar-refractivity contribution in [3.63, 3.8) is 0 Å². The third-order valence-corrected chi connectivity index (χ3v) is 6.15. The molecule has 0 radical (unpaired) electrons. The molecule has 0 saturated heterocycles. The number of carbonyl (C=O) groups is 1. The number of aryl methyl sites for hydroxylation is 1. The highest BCUT2D eigenvalue weighted by Gasteiger charge is 2.17. The van der Waals surface area contributed by atoms with Gasteiger partial charge in [0.15, 0.2) is 0 Å². The fourth-order valence-corrected chi connectivity index (χ4v) is 4.15. The molecule has 23 heavy (non-hydrogen) atoms. The van der Waals surface area contributed by atoms with Crippen molar-refractivity contribution in [3.8, 4) is 5.75 Å². The minimum atomic E-state index is -3.67.